The minimum atomic E-state index is -0.328. The van der Waals surface area contributed by atoms with Gasteiger partial charge in [-0.3, -0.25) is 0 Å². The number of hydrogen-bond acceptors (Lipinski definition) is 3. The molecule has 0 radical (unpaired) electrons. The zero-order chi connectivity index (χ0) is 12.8. The first-order chi connectivity index (χ1) is 9.33. The fourth-order valence-corrected chi connectivity index (χ4v) is 4.69. The molecule has 3 heteroatoms. The van der Waals surface area contributed by atoms with Gasteiger partial charge in [-0.15, -0.1) is 11.3 Å². The zero-order valence-electron chi connectivity index (χ0n) is 10.8. The molecule has 0 saturated carbocycles. The highest BCUT2D eigenvalue weighted by molar-refractivity contribution is 7.11. The molecule has 1 N–H and O–H groups in total. The topological polar surface area (TPSA) is 33.1 Å². The highest BCUT2D eigenvalue weighted by Crippen LogP contribution is 2.42. The molecule has 0 aliphatic heterocycles. The molecule has 0 bridgehead atoms. The monoisotopic (exact) mass is 271 g/mol. The zero-order valence-corrected chi connectivity index (χ0v) is 11.6. The molecule has 2 unspecified atom stereocenters. The number of aliphatic hydroxyl groups excluding tert-OH is 1. The lowest BCUT2D eigenvalue weighted by Gasteiger charge is -2.14. The molecular weight excluding hydrogens is 254 g/mol. The molecule has 1 aromatic heterocycles. The summed E-state index contributed by atoms with van der Waals surface area (Å²) in [5, 5.41) is 11.3. The number of aliphatic hydroxyl groups is 1. The van der Waals surface area contributed by atoms with Crippen molar-refractivity contribution >= 4 is 11.3 Å². The number of benzene rings is 1. The van der Waals surface area contributed by atoms with Gasteiger partial charge in [0.05, 0.1) is 11.8 Å². The van der Waals surface area contributed by atoms with E-state index in [9.17, 15) is 5.11 Å². The normalized spacial score (nSPS) is 25.1. The van der Waals surface area contributed by atoms with Crippen LogP contribution < -0.4 is 0 Å². The molecule has 2 aliphatic carbocycles. The molecule has 2 aliphatic rings. The maximum atomic E-state index is 10.1. The van der Waals surface area contributed by atoms with E-state index in [0.29, 0.717) is 5.92 Å². The van der Waals surface area contributed by atoms with Gasteiger partial charge in [0, 0.05) is 10.8 Å². The standard InChI is InChI=1S/C16H17NOS/c18-13-6-3-7-14-15(13)17-16(19-14)12-9-8-10-4-1-2-5-11(10)12/h1-2,4-5,12-13,18H,3,6-9H2. The molecular formula is C16H17NOS. The number of rotatable bonds is 1. The Hall–Kier alpha value is -1.19. The molecule has 2 atom stereocenters. The first-order valence-corrected chi connectivity index (χ1v) is 7.90. The summed E-state index contributed by atoms with van der Waals surface area (Å²) >= 11 is 1.83. The van der Waals surface area contributed by atoms with Crippen molar-refractivity contribution in [2.45, 2.75) is 44.1 Å². The van der Waals surface area contributed by atoms with Crippen LogP contribution in [0.25, 0.3) is 0 Å². The fraction of sp³-hybridized carbons (Fsp3) is 0.438. The summed E-state index contributed by atoms with van der Waals surface area (Å²) in [5.74, 6) is 0.457. The van der Waals surface area contributed by atoms with Crippen LogP contribution in [0.1, 0.15) is 58.0 Å². The number of fused-ring (bicyclic) bond motifs is 2. The average Bonchev–Trinajstić information content (AvgIpc) is 3.02. The highest BCUT2D eigenvalue weighted by Gasteiger charge is 2.29. The fourth-order valence-electron chi connectivity index (χ4n) is 3.38. The van der Waals surface area contributed by atoms with E-state index in [1.807, 2.05) is 11.3 Å². The third-order valence-electron chi connectivity index (χ3n) is 4.37. The lowest BCUT2D eigenvalue weighted by atomic mass is 9.99. The van der Waals surface area contributed by atoms with E-state index in [-0.39, 0.29) is 6.10 Å². The van der Waals surface area contributed by atoms with E-state index in [1.54, 1.807) is 0 Å². The maximum Gasteiger partial charge on any atom is 0.101 e. The molecule has 98 valence electrons. The van der Waals surface area contributed by atoms with Crippen molar-refractivity contribution in [3.8, 4) is 0 Å². The van der Waals surface area contributed by atoms with Crippen LogP contribution in [-0.2, 0) is 12.8 Å². The lowest BCUT2D eigenvalue weighted by Crippen LogP contribution is -2.07. The Morgan fingerprint density at radius 2 is 2.05 bits per heavy atom. The summed E-state index contributed by atoms with van der Waals surface area (Å²) in [6.45, 7) is 0. The van der Waals surface area contributed by atoms with Crippen molar-refractivity contribution < 1.29 is 5.11 Å². The number of aromatic nitrogens is 1. The molecule has 2 aromatic rings. The van der Waals surface area contributed by atoms with Gasteiger partial charge in [-0.1, -0.05) is 24.3 Å². The van der Waals surface area contributed by atoms with Gasteiger partial charge in [0.25, 0.3) is 0 Å². The Kier molecular flexibility index (Phi) is 2.71. The third kappa shape index (κ3) is 1.84. The Balaban J connectivity index is 1.75. The molecule has 1 heterocycles. The summed E-state index contributed by atoms with van der Waals surface area (Å²) in [7, 11) is 0. The van der Waals surface area contributed by atoms with Crippen molar-refractivity contribution in [1.29, 1.82) is 0 Å². The van der Waals surface area contributed by atoms with Crippen LogP contribution in [0.3, 0.4) is 0 Å². The minimum Gasteiger partial charge on any atom is -0.387 e. The lowest BCUT2D eigenvalue weighted by molar-refractivity contribution is 0.153. The van der Waals surface area contributed by atoms with Crippen molar-refractivity contribution in [2.75, 3.05) is 0 Å². The van der Waals surface area contributed by atoms with E-state index < -0.39 is 0 Å². The summed E-state index contributed by atoms with van der Waals surface area (Å²) in [6.07, 6.45) is 5.06. The second kappa shape index (κ2) is 4.43. The second-order valence-electron chi connectivity index (χ2n) is 5.56. The highest BCUT2D eigenvalue weighted by atomic mass is 32.1. The number of aryl methyl sites for hydroxylation is 2. The number of thiazole rings is 1. The van der Waals surface area contributed by atoms with Gasteiger partial charge in [-0.2, -0.15) is 0 Å². The van der Waals surface area contributed by atoms with Crippen LogP contribution in [0.2, 0.25) is 0 Å². The molecule has 19 heavy (non-hydrogen) atoms. The van der Waals surface area contributed by atoms with Crippen molar-refractivity contribution in [3.05, 3.63) is 51.0 Å². The van der Waals surface area contributed by atoms with Gasteiger partial charge < -0.3 is 5.11 Å². The van der Waals surface area contributed by atoms with E-state index in [0.717, 1.165) is 31.4 Å². The SMILES string of the molecule is OC1CCCc2sc(C3CCc4ccccc43)nc21. The van der Waals surface area contributed by atoms with Crippen LogP contribution >= 0.6 is 11.3 Å². The molecule has 4 rings (SSSR count). The Labute approximate surface area is 117 Å². The van der Waals surface area contributed by atoms with Crippen LogP contribution in [0.5, 0.6) is 0 Å². The van der Waals surface area contributed by atoms with Crippen LogP contribution in [0.4, 0.5) is 0 Å². The Morgan fingerprint density at radius 1 is 1.16 bits per heavy atom. The summed E-state index contributed by atoms with van der Waals surface area (Å²) in [5.41, 5.74) is 3.89. The first-order valence-electron chi connectivity index (χ1n) is 7.08. The number of nitrogens with zero attached hydrogens (tertiary/aromatic N) is 1. The molecule has 1 aromatic carbocycles. The minimum absolute atomic E-state index is 0.328. The third-order valence-corrected chi connectivity index (χ3v) is 5.62. The van der Waals surface area contributed by atoms with Gasteiger partial charge in [0.2, 0.25) is 0 Å². The predicted molar refractivity (Wildman–Crippen MR) is 76.6 cm³/mol. The van der Waals surface area contributed by atoms with Crippen molar-refractivity contribution in [2.24, 2.45) is 0 Å². The second-order valence-corrected chi connectivity index (χ2v) is 6.67. The smallest absolute Gasteiger partial charge is 0.101 e. The largest absolute Gasteiger partial charge is 0.387 e. The summed E-state index contributed by atoms with van der Waals surface area (Å²) in [6, 6.07) is 8.72. The van der Waals surface area contributed by atoms with Gasteiger partial charge in [0.15, 0.2) is 0 Å². The van der Waals surface area contributed by atoms with Gasteiger partial charge in [0.1, 0.15) is 5.01 Å². The Bertz CT molecular complexity index is 619. The van der Waals surface area contributed by atoms with E-state index >= 15 is 0 Å². The van der Waals surface area contributed by atoms with Gasteiger partial charge >= 0.3 is 0 Å². The van der Waals surface area contributed by atoms with E-state index in [4.69, 9.17) is 4.98 Å². The van der Waals surface area contributed by atoms with E-state index in [2.05, 4.69) is 24.3 Å². The van der Waals surface area contributed by atoms with Gasteiger partial charge in [-0.05, 0) is 43.2 Å². The van der Waals surface area contributed by atoms with Crippen LogP contribution in [0, 0.1) is 0 Å². The number of hydrogen-bond donors (Lipinski definition) is 1. The molecule has 0 amide bonds. The van der Waals surface area contributed by atoms with Crippen molar-refractivity contribution in [1.82, 2.24) is 4.98 Å². The quantitative estimate of drug-likeness (QED) is 0.860. The van der Waals surface area contributed by atoms with E-state index in [1.165, 1.54) is 27.4 Å². The van der Waals surface area contributed by atoms with Gasteiger partial charge in [-0.25, -0.2) is 4.98 Å². The molecule has 0 saturated heterocycles. The molecule has 0 spiro atoms. The molecule has 0 fully saturated rings. The Morgan fingerprint density at radius 3 is 2.95 bits per heavy atom. The summed E-state index contributed by atoms with van der Waals surface area (Å²) in [4.78, 5) is 6.10. The maximum absolute atomic E-state index is 10.1. The first kappa shape index (κ1) is 11.6. The summed E-state index contributed by atoms with van der Waals surface area (Å²) < 4.78 is 0. The molecule has 2 nitrogen and oxygen atoms in total. The predicted octanol–water partition coefficient (Wildman–Crippen LogP) is 3.59. The van der Waals surface area contributed by atoms with Crippen LogP contribution in [-0.4, -0.2) is 10.1 Å². The van der Waals surface area contributed by atoms with Crippen molar-refractivity contribution in [3.63, 3.8) is 0 Å². The van der Waals surface area contributed by atoms with Crippen LogP contribution in [0.15, 0.2) is 24.3 Å². The average molecular weight is 271 g/mol.